The highest BCUT2D eigenvalue weighted by Crippen LogP contribution is 2.17. The third-order valence-corrected chi connectivity index (χ3v) is 15.0. The lowest BCUT2D eigenvalue weighted by molar-refractivity contribution is -0.167. The van der Waals surface area contributed by atoms with Crippen LogP contribution in [0.4, 0.5) is 0 Å². The second-order valence-electron chi connectivity index (χ2n) is 22.7. The van der Waals surface area contributed by atoms with Gasteiger partial charge in [-0.2, -0.15) is 0 Å². The van der Waals surface area contributed by atoms with Crippen LogP contribution >= 0.6 is 0 Å². The third kappa shape index (κ3) is 63.8. The lowest BCUT2D eigenvalue weighted by Gasteiger charge is -2.18. The van der Waals surface area contributed by atoms with Gasteiger partial charge in [0.15, 0.2) is 6.10 Å². The number of hydrogen-bond acceptors (Lipinski definition) is 6. The molecule has 0 aliphatic carbocycles. The van der Waals surface area contributed by atoms with E-state index in [9.17, 15) is 14.4 Å². The summed E-state index contributed by atoms with van der Waals surface area (Å²) in [5.74, 6) is -0.855. The van der Waals surface area contributed by atoms with Crippen LogP contribution < -0.4 is 0 Å². The Hall–Kier alpha value is -2.89. The molecule has 0 aliphatic rings. The SMILES string of the molecule is CC/C=C\C/C=C\C/C=C\C/C=C\CCCCCCCCCCCCC(=O)OCC(COC(=O)CCCCCCCCCCCCCCC)OC(=O)CCCCCCCCCCCCC/C=C\CCCCCCCCCC. The first-order valence-corrected chi connectivity index (χ1v) is 33.8. The molecule has 0 aromatic heterocycles. The van der Waals surface area contributed by atoms with Crippen molar-refractivity contribution in [2.45, 2.75) is 361 Å². The highest BCUT2D eigenvalue weighted by molar-refractivity contribution is 5.71. The van der Waals surface area contributed by atoms with Crippen molar-refractivity contribution < 1.29 is 28.6 Å². The predicted octanol–water partition coefficient (Wildman–Crippen LogP) is 23.1. The van der Waals surface area contributed by atoms with Gasteiger partial charge in [0.2, 0.25) is 0 Å². The van der Waals surface area contributed by atoms with Crippen LogP contribution in [0, 0.1) is 0 Å². The van der Waals surface area contributed by atoms with Crippen molar-refractivity contribution >= 4 is 17.9 Å². The van der Waals surface area contributed by atoms with Gasteiger partial charge in [-0.3, -0.25) is 14.4 Å². The minimum Gasteiger partial charge on any atom is -0.462 e. The number of unbranched alkanes of at least 4 members (excludes halogenated alkanes) is 41. The van der Waals surface area contributed by atoms with E-state index in [0.717, 1.165) is 83.5 Å². The minimum absolute atomic E-state index is 0.0714. The van der Waals surface area contributed by atoms with E-state index in [-0.39, 0.29) is 31.1 Å². The summed E-state index contributed by atoms with van der Waals surface area (Å²) in [5, 5.41) is 0. The van der Waals surface area contributed by atoms with Crippen LogP contribution in [-0.2, 0) is 28.6 Å². The van der Waals surface area contributed by atoms with Gasteiger partial charge in [0, 0.05) is 19.3 Å². The Labute approximate surface area is 479 Å². The Morgan fingerprint density at radius 3 is 0.805 bits per heavy atom. The van der Waals surface area contributed by atoms with E-state index in [4.69, 9.17) is 14.2 Å². The van der Waals surface area contributed by atoms with Crippen molar-refractivity contribution in [1.29, 1.82) is 0 Å². The standard InChI is InChI=1S/C71H128O6/c1-4-7-10-13-16-19-22-25-27-29-31-33-35-37-39-41-43-46-49-52-55-58-61-64-70(73)76-67-68(66-75-69(72)63-60-57-54-51-48-45-24-21-18-15-12-9-6-3)77-71(74)65-62-59-56-53-50-47-44-42-40-38-36-34-32-30-28-26-23-20-17-14-11-8-5-2/h7,10,16,19,25,27,30-33,68H,4-6,8-9,11-15,17-18,20-24,26,28-29,34-67H2,1-3H3/b10-7-,19-16-,27-25-,32-30-,33-31-. The molecule has 0 fully saturated rings. The molecular weight excluding hydrogens is 949 g/mol. The molecule has 0 N–H and O–H groups in total. The maximum Gasteiger partial charge on any atom is 0.306 e. The Balaban J connectivity index is 4.28. The molecule has 0 rings (SSSR count). The molecule has 0 saturated heterocycles. The highest BCUT2D eigenvalue weighted by Gasteiger charge is 2.19. The van der Waals surface area contributed by atoms with Crippen molar-refractivity contribution in [3.05, 3.63) is 60.8 Å². The summed E-state index contributed by atoms with van der Waals surface area (Å²) in [6.07, 6.45) is 83.8. The number of esters is 3. The summed E-state index contributed by atoms with van der Waals surface area (Å²) < 4.78 is 17.0. The molecule has 0 aliphatic heterocycles. The lowest BCUT2D eigenvalue weighted by atomic mass is 10.0. The topological polar surface area (TPSA) is 78.9 Å². The van der Waals surface area contributed by atoms with Crippen LogP contribution in [0.2, 0.25) is 0 Å². The number of ether oxygens (including phenoxy) is 3. The van der Waals surface area contributed by atoms with Crippen molar-refractivity contribution in [3.63, 3.8) is 0 Å². The summed E-state index contributed by atoms with van der Waals surface area (Å²) in [6.45, 7) is 6.58. The smallest absolute Gasteiger partial charge is 0.306 e. The predicted molar refractivity (Wildman–Crippen MR) is 335 cm³/mol. The Bertz CT molecular complexity index is 1380. The van der Waals surface area contributed by atoms with Crippen molar-refractivity contribution in [2.75, 3.05) is 13.2 Å². The van der Waals surface area contributed by atoms with Crippen LogP contribution in [-0.4, -0.2) is 37.2 Å². The van der Waals surface area contributed by atoms with Gasteiger partial charge in [0.05, 0.1) is 0 Å². The van der Waals surface area contributed by atoms with Gasteiger partial charge >= 0.3 is 17.9 Å². The summed E-state index contributed by atoms with van der Waals surface area (Å²) in [5.41, 5.74) is 0. The fourth-order valence-corrected chi connectivity index (χ4v) is 9.96. The lowest BCUT2D eigenvalue weighted by Crippen LogP contribution is -2.30. The van der Waals surface area contributed by atoms with Crippen LogP contribution in [0.15, 0.2) is 60.8 Å². The number of carbonyl (C=O) groups excluding carboxylic acids is 3. The maximum absolute atomic E-state index is 12.9. The van der Waals surface area contributed by atoms with E-state index in [1.807, 2.05) is 0 Å². The molecule has 0 saturated carbocycles. The fraction of sp³-hybridized carbons (Fsp3) is 0.817. The van der Waals surface area contributed by atoms with Crippen LogP contribution in [0.1, 0.15) is 355 Å². The minimum atomic E-state index is -0.775. The number of allylic oxidation sites excluding steroid dienone is 10. The van der Waals surface area contributed by atoms with Crippen molar-refractivity contribution in [3.8, 4) is 0 Å². The zero-order chi connectivity index (χ0) is 55.7. The monoisotopic (exact) mass is 1080 g/mol. The average Bonchev–Trinajstić information content (AvgIpc) is 3.43. The molecule has 0 radical (unpaired) electrons. The molecule has 1 atom stereocenters. The Morgan fingerprint density at radius 2 is 0.506 bits per heavy atom. The van der Waals surface area contributed by atoms with Gasteiger partial charge < -0.3 is 14.2 Å². The first kappa shape index (κ1) is 74.1. The molecule has 0 aromatic carbocycles. The summed E-state index contributed by atoms with van der Waals surface area (Å²) >= 11 is 0. The van der Waals surface area contributed by atoms with Crippen LogP contribution in [0.3, 0.4) is 0 Å². The van der Waals surface area contributed by atoms with Gasteiger partial charge in [0.25, 0.3) is 0 Å². The fourth-order valence-electron chi connectivity index (χ4n) is 9.96. The second kappa shape index (κ2) is 65.6. The Morgan fingerprint density at radius 1 is 0.273 bits per heavy atom. The molecule has 0 heterocycles. The summed E-state index contributed by atoms with van der Waals surface area (Å²) in [7, 11) is 0. The molecule has 6 heteroatoms. The average molecular weight is 1080 g/mol. The van der Waals surface area contributed by atoms with E-state index in [1.54, 1.807) is 0 Å². The van der Waals surface area contributed by atoms with Crippen LogP contribution in [0.25, 0.3) is 0 Å². The molecule has 0 bridgehead atoms. The Kier molecular flexibility index (Phi) is 63.2. The molecule has 1 unspecified atom stereocenters. The molecule has 0 amide bonds. The zero-order valence-corrected chi connectivity index (χ0v) is 51.5. The first-order chi connectivity index (χ1) is 38.0. The molecule has 77 heavy (non-hydrogen) atoms. The van der Waals surface area contributed by atoms with E-state index in [1.165, 1.54) is 231 Å². The van der Waals surface area contributed by atoms with Crippen molar-refractivity contribution in [1.82, 2.24) is 0 Å². The number of rotatable bonds is 62. The third-order valence-electron chi connectivity index (χ3n) is 15.0. The second-order valence-corrected chi connectivity index (χ2v) is 22.7. The quantitative estimate of drug-likeness (QED) is 0.0261. The van der Waals surface area contributed by atoms with Gasteiger partial charge in [-0.1, -0.05) is 313 Å². The summed E-state index contributed by atoms with van der Waals surface area (Å²) in [6, 6.07) is 0. The molecular formula is C71H128O6. The van der Waals surface area contributed by atoms with Crippen LogP contribution in [0.5, 0.6) is 0 Å². The number of carbonyl (C=O) groups is 3. The van der Waals surface area contributed by atoms with Gasteiger partial charge in [-0.05, 0) is 83.5 Å². The normalized spacial score (nSPS) is 12.4. The highest BCUT2D eigenvalue weighted by atomic mass is 16.6. The molecule has 6 nitrogen and oxygen atoms in total. The van der Waals surface area contributed by atoms with E-state index >= 15 is 0 Å². The maximum atomic E-state index is 12.9. The zero-order valence-electron chi connectivity index (χ0n) is 51.5. The molecule has 448 valence electrons. The van der Waals surface area contributed by atoms with E-state index < -0.39 is 6.10 Å². The number of hydrogen-bond donors (Lipinski definition) is 0. The largest absolute Gasteiger partial charge is 0.462 e. The van der Waals surface area contributed by atoms with Gasteiger partial charge in [-0.15, -0.1) is 0 Å². The first-order valence-electron chi connectivity index (χ1n) is 33.8. The molecule has 0 aromatic rings. The van der Waals surface area contributed by atoms with Gasteiger partial charge in [0.1, 0.15) is 13.2 Å². The van der Waals surface area contributed by atoms with Crippen molar-refractivity contribution in [2.24, 2.45) is 0 Å². The summed E-state index contributed by atoms with van der Waals surface area (Å²) in [4.78, 5) is 38.4. The van der Waals surface area contributed by atoms with Gasteiger partial charge in [-0.25, -0.2) is 0 Å². The van der Waals surface area contributed by atoms with E-state index in [0.29, 0.717) is 19.3 Å². The molecule has 0 spiro atoms. The van der Waals surface area contributed by atoms with E-state index in [2.05, 4.69) is 81.5 Å².